The lowest BCUT2D eigenvalue weighted by Gasteiger charge is -2.24. The molecule has 82 valence electrons. The van der Waals surface area contributed by atoms with Crippen LogP contribution in [0.3, 0.4) is 0 Å². The summed E-state index contributed by atoms with van der Waals surface area (Å²) in [5.41, 5.74) is 0. The SMILES string of the molecule is CC1CN(c2cc(Br)ncn2)C(C)C1C. The Morgan fingerprint density at radius 3 is 2.60 bits per heavy atom. The Morgan fingerprint density at radius 1 is 1.33 bits per heavy atom. The molecule has 3 nitrogen and oxygen atoms in total. The fourth-order valence-electron chi connectivity index (χ4n) is 2.19. The van der Waals surface area contributed by atoms with E-state index >= 15 is 0 Å². The highest BCUT2D eigenvalue weighted by molar-refractivity contribution is 9.10. The van der Waals surface area contributed by atoms with Crippen LogP contribution in [-0.4, -0.2) is 22.6 Å². The smallest absolute Gasteiger partial charge is 0.133 e. The Kier molecular flexibility index (Phi) is 2.96. The molecule has 0 aliphatic carbocycles. The van der Waals surface area contributed by atoms with Gasteiger partial charge in [-0.1, -0.05) is 13.8 Å². The predicted molar refractivity (Wildman–Crippen MR) is 64.9 cm³/mol. The largest absolute Gasteiger partial charge is 0.353 e. The Hall–Kier alpha value is -0.640. The Morgan fingerprint density at radius 2 is 2.07 bits per heavy atom. The topological polar surface area (TPSA) is 29.0 Å². The van der Waals surface area contributed by atoms with Crippen LogP contribution in [0.5, 0.6) is 0 Å². The van der Waals surface area contributed by atoms with Gasteiger partial charge < -0.3 is 4.90 Å². The molecule has 1 saturated heterocycles. The van der Waals surface area contributed by atoms with Crippen LogP contribution in [-0.2, 0) is 0 Å². The molecule has 1 aliphatic heterocycles. The molecule has 0 spiro atoms. The van der Waals surface area contributed by atoms with Gasteiger partial charge in [0, 0.05) is 18.7 Å². The molecule has 0 saturated carbocycles. The third-order valence-corrected chi connectivity index (χ3v) is 3.98. The minimum atomic E-state index is 0.557. The van der Waals surface area contributed by atoms with E-state index in [1.165, 1.54) is 0 Å². The van der Waals surface area contributed by atoms with E-state index in [9.17, 15) is 0 Å². The average Bonchev–Trinajstić information content (AvgIpc) is 2.46. The highest BCUT2D eigenvalue weighted by atomic mass is 79.9. The summed E-state index contributed by atoms with van der Waals surface area (Å²) < 4.78 is 0.854. The lowest BCUT2D eigenvalue weighted by atomic mass is 9.95. The van der Waals surface area contributed by atoms with Crippen LogP contribution in [0.2, 0.25) is 0 Å². The number of aromatic nitrogens is 2. The summed E-state index contributed by atoms with van der Waals surface area (Å²) in [5.74, 6) is 2.48. The van der Waals surface area contributed by atoms with Crippen molar-refractivity contribution in [1.82, 2.24) is 9.97 Å². The van der Waals surface area contributed by atoms with Crippen LogP contribution in [0.4, 0.5) is 5.82 Å². The van der Waals surface area contributed by atoms with Crippen molar-refractivity contribution in [2.45, 2.75) is 26.8 Å². The van der Waals surface area contributed by atoms with E-state index < -0.39 is 0 Å². The molecule has 4 heteroatoms. The lowest BCUT2D eigenvalue weighted by Crippen LogP contribution is -2.29. The maximum Gasteiger partial charge on any atom is 0.133 e. The summed E-state index contributed by atoms with van der Waals surface area (Å²) in [4.78, 5) is 10.7. The molecule has 1 aliphatic rings. The molecule has 2 heterocycles. The van der Waals surface area contributed by atoms with E-state index in [2.05, 4.69) is 51.6 Å². The average molecular weight is 270 g/mol. The minimum absolute atomic E-state index is 0.557. The molecular weight excluding hydrogens is 254 g/mol. The first-order valence-corrected chi connectivity index (χ1v) is 6.13. The van der Waals surface area contributed by atoms with Crippen molar-refractivity contribution in [2.75, 3.05) is 11.4 Å². The maximum atomic E-state index is 4.33. The van der Waals surface area contributed by atoms with Crippen LogP contribution < -0.4 is 4.90 Å². The van der Waals surface area contributed by atoms with Gasteiger partial charge in [-0.25, -0.2) is 9.97 Å². The van der Waals surface area contributed by atoms with Gasteiger partial charge in [-0.2, -0.15) is 0 Å². The standard InChI is InChI=1S/C11H16BrN3/c1-7-5-15(9(3)8(7)2)11-4-10(12)13-6-14-11/h4,6-9H,5H2,1-3H3. The molecule has 15 heavy (non-hydrogen) atoms. The molecule has 1 aromatic heterocycles. The fourth-order valence-corrected chi connectivity index (χ4v) is 2.48. The molecule has 0 bridgehead atoms. The minimum Gasteiger partial charge on any atom is -0.353 e. The van der Waals surface area contributed by atoms with Crippen molar-refractivity contribution >= 4 is 21.7 Å². The number of anilines is 1. The van der Waals surface area contributed by atoms with Gasteiger partial charge in [0.1, 0.15) is 16.7 Å². The molecule has 1 fully saturated rings. The normalized spacial score (nSPS) is 30.9. The van der Waals surface area contributed by atoms with E-state index in [1.54, 1.807) is 6.33 Å². The van der Waals surface area contributed by atoms with Crippen molar-refractivity contribution in [3.05, 3.63) is 17.0 Å². The molecular formula is C11H16BrN3. The maximum absolute atomic E-state index is 4.33. The van der Waals surface area contributed by atoms with Gasteiger partial charge in [0.05, 0.1) is 0 Å². The van der Waals surface area contributed by atoms with Crippen molar-refractivity contribution in [2.24, 2.45) is 11.8 Å². The van der Waals surface area contributed by atoms with E-state index in [1.807, 2.05) is 6.07 Å². The molecule has 0 N–H and O–H groups in total. The molecule has 3 atom stereocenters. The summed E-state index contributed by atoms with van der Waals surface area (Å²) in [5, 5.41) is 0. The first-order chi connectivity index (χ1) is 7.09. The molecule has 1 aromatic rings. The van der Waals surface area contributed by atoms with Crippen molar-refractivity contribution in [3.63, 3.8) is 0 Å². The van der Waals surface area contributed by atoms with Gasteiger partial charge in [-0.3, -0.25) is 0 Å². The summed E-state index contributed by atoms with van der Waals surface area (Å²) in [6.45, 7) is 7.97. The summed E-state index contributed by atoms with van der Waals surface area (Å²) in [7, 11) is 0. The van der Waals surface area contributed by atoms with E-state index in [-0.39, 0.29) is 0 Å². The molecule has 0 amide bonds. The molecule has 0 aromatic carbocycles. The molecule has 0 radical (unpaired) electrons. The van der Waals surface area contributed by atoms with Crippen molar-refractivity contribution in [3.8, 4) is 0 Å². The van der Waals surface area contributed by atoms with Crippen LogP contribution >= 0.6 is 15.9 Å². The predicted octanol–water partition coefficient (Wildman–Crippen LogP) is 2.72. The number of hydrogen-bond acceptors (Lipinski definition) is 3. The first kappa shape index (κ1) is 10.9. The third-order valence-electron chi connectivity index (χ3n) is 3.55. The zero-order valence-corrected chi connectivity index (χ0v) is 10.9. The van der Waals surface area contributed by atoms with Crippen LogP contribution in [0.15, 0.2) is 17.0 Å². The Bertz CT molecular complexity index is 355. The van der Waals surface area contributed by atoms with Gasteiger partial charge in [-0.15, -0.1) is 0 Å². The van der Waals surface area contributed by atoms with E-state index in [4.69, 9.17) is 0 Å². The summed E-state index contributed by atoms with van der Waals surface area (Å²) in [6, 6.07) is 2.54. The highest BCUT2D eigenvalue weighted by Gasteiger charge is 2.33. The quantitative estimate of drug-likeness (QED) is 0.735. The second kappa shape index (κ2) is 4.08. The number of rotatable bonds is 1. The zero-order valence-electron chi connectivity index (χ0n) is 9.31. The van der Waals surface area contributed by atoms with Gasteiger partial charge >= 0.3 is 0 Å². The fraction of sp³-hybridized carbons (Fsp3) is 0.636. The second-order valence-electron chi connectivity index (χ2n) is 4.43. The molecule has 2 rings (SSSR count). The summed E-state index contributed by atoms with van der Waals surface area (Å²) in [6.07, 6.45) is 1.61. The molecule has 3 unspecified atom stereocenters. The van der Waals surface area contributed by atoms with Crippen LogP contribution in [0.25, 0.3) is 0 Å². The second-order valence-corrected chi connectivity index (χ2v) is 5.24. The number of halogens is 1. The van der Waals surface area contributed by atoms with Crippen molar-refractivity contribution in [1.29, 1.82) is 0 Å². The van der Waals surface area contributed by atoms with Crippen LogP contribution in [0, 0.1) is 11.8 Å². The van der Waals surface area contributed by atoms with Gasteiger partial charge in [0.15, 0.2) is 0 Å². The number of hydrogen-bond donors (Lipinski definition) is 0. The van der Waals surface area contributed by atoms with Crippen LogP contribution in [0.1, 0.15) is 20.8 Å². The first-order valence-electron chi connectivity index (χ1n) is 5.33. The Balaban J connectivity index is 2.25. The van der Waals surface area contributed by atoms with E-state index in [0.717, 1.165) is 28.8 Å². The van der Waals surface area contributed by atoms with Crippen molar-refractivity contribution < 1.29 is 0 Å². The van der Waals surface area contributed by atoms with Gasteiger partial charge in [0.25, 0.3) is 0 Å². The zero-order chi connectivity index (χ0) is 11.0. The van der Waals surface area contributed by atoms with E-state index in [0.29, 0.717) is 6.04 Å². The number of nitrogens with zero attached hydrogens (tertiary/aromatic N) is 3. The summed E-state index contributed by atoms with van der Waals surface area (Å²) >= 11 is 3.38. The van der Waals surface area contributed by atoms with Gasteiger partial charge in [0.2, 0.25) is 0 Å². The van der Waals surface area contributed by atoms with Gasteiger partial charge in [-0.05, 0) is 34.7 Å². The monoisotopic (exact) mass is 269 g/mol. The highest BCUT2D eigenvalue weighted by Crippen LogP contribution is 2.32. The third kappa shape index (κ3) is 2.00. The Labute approximate surface area is 99.0 Å². The lowest BCUT2D eigenvalue weighted by molar-refractivity contribution is 0.441.